The highest BCUT2D eigenvalue weighted by atomic mass is 35.5. The van der Waals surface area contributed by atoms with Gasteiger partial charge in [0.2, 0.25) is 0 Å². The Morgan fingerprint density at radius 2 is 1.63 bits per heavy atom. The Kier molecular flexibility index (Phi) is 7.62. The van der Waals surface area contributed by atoms with E-state index >= 15 is 0 Å². The van der Waals surface area contributed by atoms with Gasteiger partial charge in [0.15, 0.2) is 11.5 Å². The number of aliphatic hydroxyl groups excluding tert-OH is 1. The number of carbonyl (C=O) groups excluding carboxylic acids is 2. The lowest BCUT2D eigenvalue weighted by molar-refractivity contribution is -0.140. The topological polar surface area (TPSA) is 76.1 Å². The zero-order valence-electron chi connectivity index (χ0n) is 20.0. The Balaban J connectivity index is 1.91. The van der Waals surface area contributed by atoms with Crippen LogP contribution in [-0.2, 0) is 22.3 Å². The highest BCUT2D eigenvalue weighted by Crippen LogP contribution is 2.47. The number of hydrogen-bond donors (Lipinski definition) is 1. The van der Waals surface area contributed by atoms with Crippen LogP contribution < -0.4 is 9.47 Å². The van der Waals surface area contributed by atoms with Gasteiger partial charge in [-0.25, -0.2) is 0 Å². The summed E-state index contributed by atoms with van der Waals surface area (Å²) in [4.78, 5) is 27.6. The van der Waals surface area contributed by atoms with Crippen molar-refractivity contribution < 1.29 is 37.3 Å². The second kappa shape index (κ2) is 10.6. The molecule has 0 radical (unpaired) electrons. The van der Waals surface area contributed by atoms with E-state index in [2.05, 4.69) is 0 Å². The third kappa shape index (κ3) is 4.91. The maximum Gasteiger partial charge on any atom is 0.416 e. The summed E-state index contributed by atoms with van der Waals surface area (Å²) in [6.07, 6.45) is -4.59. The first-order valence-electron chi connectivity index (χ1n) is 11.1. The molecule has 3 aromatic carbocycles. The first-order chi connectivity index (χ1) is 18.0. The number of ketones is 1. The van der Waals surface area contributed by atoms with Gasteiger partial charge < -0.3 is 19.5 Å². The Morgan fingerprint density at radius 1 is 0.974 bits per heavy atom. The molecule has 4 rings (SSSR count). The number of alkyl halides is 3. The Labute approximate surface area is 225 Å². The maximum absolute atomic E-state index is 13.3. The molecule has 1 aliphatic rings. The first-order valence-corrected chi connectivity index (χ1v) is 11.8. The normalized spacial score (nSPS) is 17.1. The van der Waals surface area contributed by atoms with Gasteiger partial charge in [0, 0.05) is 6.54 Å². The molecule has 0 spiro atoms. The third-order valence-electron chi connectivity index (χ3n) is 6.06. The quantitative estimate of drug-likeness (QED) is 0.206. The predicted octanol–water partition coefficient (Wildman–Crippen LogP) is 6.65. The van der Waals surface area contributed by atoms with Crippen molar-refractivity contribution >= 4 is 40.7 Å². The van der Waals surface area contributed by atoms with Crippen LogP contribution in [0.25, 0.3) is 5.76 Å². The highest BCUT2D eigenvalue weighted by molar-refractivity contribution is 6.47. The first kappa shape index (κ1) is 27.3. The Hall–Kier alpha value is -3.69. The van der Waals surface area contributed by atoms with E-state index in [1.807, 2.05) is 0 Å². The van der Waals surface area contributed by atoms with E-state index in [1.165, 1.54) is 32.4 Å². The van der Waals surface area contributed by atoms with Gasteiger partial charge in [-0.2, -0.15) is 13.2 Å². The molecule has 1 saturated heterocycles. The molecule has 0 aliphatic carbocycles. The summed E-state index contributed by atoms with van der Waals surface area (Å²) in [7, 11) is 2.62. The SMILES string of the molecule is COc1c(Cl)cc(/C(O)=C2\C(=O)C(=O)N(Cc3cccc(C(F)(F)F)c3)C2c2ccccc2)c(OC)c1Cl. The molecule has 11 heteroatoms. The fourth-order valence-corrected chi connectivity index (χ4v) is 5.05. The van der Waals surface area contributed by atoms with E-state index in [1.54, 1.807) is 30.3 Å². The molecule has 1 atom stereocenters. The number of carbonyl (C=O) groups is 2. The molecule has 38 heavy (non-hydrogen) atoms. The van der Waals surface area contributed by atoms with Crippen LogP contribution in [0.3, 0.4) is 0 Å². The number of methoxy groups -OCH3 is 2. The number of ether oxygens (including phenoxy) is 2. The summed E-state index contributed by atoms with van der Waals surface area (Å²) in [5.74, 6) is -2.63. The van der Waals surface area contributed by atoms with Gasteiger partial charge in [0.05, 0.1) is 42.0 Å². The average Bonchev–Trinajstić information content (AvgIpc) is 3.13. The number of likely N-dealkylation sites (tertiary alicyclic amines) is 1. The zero-order valence-corrected chi connectivity index (χ0v) is 21.5. The minimum Gasteiger partial charge on any atom is -0.507 e. The lowest BCUT2D eigenvalue weighted by Crippen LogP contribution is -2.29. The molecular formula is C27H20Cl2F3NO5. The van der Waals surface area contributed by atoms with Gasteiger partial charge in [-0.05, 0) is 29.3 Å². The number of nitrogens with zero attached hydrogens (tertiary/aromatic N) is 1. The molecule has 1 fully saturated rings. The Bertz CT molecular complexity index is 1440. The highest BCUT2D eigenvalue weighted by Gasteiger charge is 2.46. The number of aliphatic hydroxyl groups is 1. The molecule has 1 amide bonds. The molecule has 198 valence electrons. The van der Waals surface area contributed by atoms with E-state index in [-0.39, 0.29) is 44.8 Å². The summed E-state index contributed by atoms with van der Waals surface area (Å²) in [5, 5.41) is 11.3. The minimum absolute atomic E-state index is 0.00862. The second-order valence-electron chi connectivity index (χ2n) is 8.32. The van der Waals surface area contributed by atoms with Crippen molar-refractivity contribution in [3.63, 3.8) is 0 Å². The van der Waals surface area contributed by atoms with Crippen molar-refractivity contribution in [1.82, 2.24) is 4.90 Å². The third-order valence-corrected chi connectivity index (χ3v) is 6.68. The lowest BCUT2D eigenvalue weighted by Gasteiger charge is -2.26. The number of Topliss-reactive ketones (excluding diaryl/α,β-unsaturated/α-hetero) is 1. The summed E-state index contributed by atoms with van der Waals surface area (Å²) in [6, 6.07) is 12.9. The summed E-state index contributed by atoms with van der Waals surface area (Å²) in [6.45, 7) is -0.327. The van der Waals surface area contributed by atoms with E-state index in [4.69, 9.17) is 32.7 Å². The zero-order chi connectivity index (χ0) is 27.8. The van der Waals surface area contributed by atoms with Crippen molar-refractivity contribution in [2.45, 2.75) is 18.8 Å². The smallest absolute Gasteiger partial charge is 0.416 e. The standard InChI is InChI=1S/C27H20Cl2F3NO5/c1-37-24-17(12-18(28)25(38-2)20(24)29)22(34)19-21(15-8-4-3-5-9-15)33(26(36)23(19)35)13-14-7-6-10-16(11-14)27(30,31)32/h3-12,21,34H,13H2,1-2H3/b22-19+. The van der Waals surface area contributed by atoms with E-state index in [0.29, 0.717) is 5.56 Å². The number of rotatable bonds is 6. The van der Waals surface area contributed by atoms with Crippen molar-refractivity contribution in [2.75, 3.05) is 14.2 Å². The molecule has 6 nitrogen and oxygen atoms in total. The van der Waals surface area contributed by atoms with Crippen molar-refractivity contribution in [3.8, 4) is 11.5 Å². The van der Waals surface area contributed by atoms with Gasteiger partial charge >= 0.3 is 6.18 Å². The largest absolute Gasteiger partial charge is 0.507 e. The number of halogens is 5. The number of hydrogen-bond acceptors (Lipinski definition) is 5. The van der Waals surface area contributed by atoms with Crippen LogP contribution in [0.5, 0.6) is 11.5 Å². The fraction of sp³-hybridized carbons (Fsp3) is 0.185. The summed E-state index contributed by atoms with van der Waals surface area (Å²) < 4.78 is 50.4. The van der Waals surface area contributed by atoms with Crippen LogP contribution in [0.2, 0.25) is 10.0 Å². The predicted molar refractivity (Wildman–Crippen MR) is 135 cm³/mol. The number of amides is 1. The summed E-state index contributed by atoms with van der Waals surface area (Å²) >= 11 is 12.6. The van der Waals surface area contributed by atoms with Crippen LogP contribution in [0.15, 0.2) is 66.2 Å². The van der Waals surface area contributed by atoms with Crippen molar-refractivity contribution in [1.29, 1.82) is 0 Å². The molecule has 3 aromatic rings. The molecule has 1 unspecified atom stereocenters. The van der Waals surface area contributed by atoms with E-state index in [0.717, 1.165) is 17.0 Å². The van der Waals surface area contributed by atoms with Crippen LogP contribution >= 0.6 is 23.2 Å². The molecule has 1 aliphatic heterocycles. The van der Waals surface area contributed by atoms with Crippen LogP contribution in [-0.4, -0.2) is 35.9 Å². The van der Waals surface area contributed by atoms with E-state index in [9.17, 15) is 27.9 Å². The molecule has 0 bridgehead atoms. The maximum atomic E-state index is 13.3. The molecule has 0 aromatic heterocycles. The minimum atomic E-state index is -4.59. The Morgan fingerprint density at radius 3 is 2.24 bits per heavy atom. The lowest BCUT2D eigenvalue weighted by atomic mass is 9.94. The van der Waals surface area contributed by atoms with Crippen LogP contribution in [0.1, 0.15) is 28.3 Å². The monoisotopic (exact) mass is 565 g/mol. The van der Waals surface area contributed by atoms with E-state index < -0.39 is 35.2 Å². The van der Waals surface area contributed by atoms with Crippen molar-refractivity contribution in [2.24, 2.45) is 0 Å². The fourth-order valence-electron chi connectivity index (χ4n) is 4.36. The molecular weight excluding hydrogens is 546 g/mol. The van der Waals surface area contributed by atoms with Gasteiger partial charge in [-0.3, -0.25) is 9.59 Å². The van der Waals surface area contributed by atoms with Crippen LogP contribution in [0.4, 0.5) is 13.2 Å². The van der Waals surface area contributed by atoms with Gasteiger partial charge in [0.1, 0.15) is 10.8 Å². The number of benzene rings is 3. The molecule has 0 saturated carbocycles. The molecule has 1 N–H and O–H groups in total. The summed E-state index contributed by atoms with van der Waals surface area (Å²) in [5.41, 5.74) is -0.666. The second-order valence-corrected chi connectivity index (χ2v) is 9.11. The average molecular weight is 566 g/mol. The van der Waals surface area contributed by atoms with Gasteiger partial charge in [-0.1, -0.05) is 65.7 Å². The van der Waals surface area contributed by atoms with Crippen molar-refractivity contribution in [3.05, 3.63) is 98.5 Å². The van der Waals surface area contributed by atoms with Gasteiger partial charge in [0.25, 0.3) is 11.7 Å². The van der Waals surface area contributed by atoms with Gasteiger partial charge in [-0.15, -0.1) is 0 Å². The molecule has 1 heterocycles. The van der Waals surface area contributed by atoms with Crippen LogP contribution in [0, 0.1) is 0 Å².